The lowest BCUT2D eigenvalue weighted by molar-refractivity contribution is 0.969. The van der Waals surface area contributed by atoms with Crippen LogP contribution in [0.4, 0.5) is 5.69 Å². The fourth-order valence-corrected chi connectivity index (χ4v) is 1.32. The van der Waals surface area contributed by atoms with E-state index in [1.165, 1.54) is 5.39 Å². The molecule has 2 aromatic rings. The Balaban J connectivity index is 2.82. The summed E-state index contributed by atoms with van der Waals surface area (Å²) < 4.78 is 2.02. The van der Waals surface area contributed by atoms with Crippen molar-refractivity contribution < 1.29 is 0 Å². The molecule has 0 spiro atoms. The number of aryl methyl sites for hydroxylation is 1. The summed E-state index contributed by atoms with van der Waals surface area (Å²) in [6.45, 7) is 6.86. The zero-order valence-electron chi connectivity index (χ0n) is 6.78. The first kappa shape index (κ1) is 6.93. The van der Waals surface area contributed by atoms with Crippen molar-refractivity contribution in [1.82, 2.24) is 4.57 Å². The van der Waals surface area contributed by atoms with Gasteiger partial charge in [0.05, 0.1) is 6.57 Å². The van der Waals surface area contributed by atoms with Gasteiger partial charge in [-0.25, -0.2) is 4.85 Å². The zero-order valence-corrected chi connectivity index (χ0v) is 6.78. The highest BCUT2D eigenvalue weighted by atomic mass is 14.9. The molecule has 0 radical (unpaired) electrons. The summed E-state index contributed by atoms with van der Waals surface area (Å²) in [6.07, 6.45) is 2.00. The largest absolute Gasteiger partial charge is 0.352 e. The number of hydrogen-bond acceptors (Lipinski definition) is 0. The van der Waals surface area contributed by atoms with E-state index in [1.807, 2.05) is 42.1 Å². The Kier molecular flexibility index (Phi) is 1.38. The normalized spacial score (nSPS) is 10.0. The lowest BCUT2D eigenvalue weighted by Gasteiger charge is -1.95. The minimum absolute atomic E-state index is 0.698. The first-order valence-corrected chi connectivity index (χ1v) is 3.74. The molecule has 2 heteroatoms. The Morgan fingerprint density at radius 1 is 1.33 bits per heavy atom. The van der Waals surface area contributed by atoms with Gasteiger partial charge in [0.25, 0.3) is 0 Å². The van der Waals surface area contributed by atoms with Crippen LogP contribution in [0, 0.1) is 6.57 Å². The molecule has 12 heavy (non-hydrogen) atoms. The van der Waals surface area contributed by atoms with Crippen LogP contribution in [0.5, 0.6) is 0 Å². The number of benzene rings is 1. The third-order valence-electron chi connectivity index (χ3n) is 2.00. The van der Waals surface area contributed by atoms with Crippen molar-refractivity contribution in [1.29, 1.82) is 0 Å². The maximum absolute atomic E-state index is 6.86. The Morgan fingerprint density at radius 3 is 2.92 bits per heavy atom. The van der Waals surface area contributed by atoms with Gasteiger partial charge in [0.15, 0.2) is 5.69 Å². The molecular formula is C10H8N2. The molecule has 0 unspecified atom stereocenters. The first-order valence-electron chi connectivity index (χ1n) is 3.74. The number of rotatable bonds is 0. The van der Waals surface area contributed by atoms with Crippen molar-refractivity contribution in [2.24, 2.45) is 7.05 Å². The summed E-state index contributed by atoms with van der Waals surface area (Å²) in [5, 5.41) is 1.19. The Labute approximate surface area is 70.9 Å². The summed E-state index contributed by atoms with van der Waals surface area (Å²) in [7, 11) is 1.98. The predicted molar refractivity (Wildman–Crippen MR) is 49.2 cm³/mol. The van der Waals surface area contributed by atoms with Gasteiger partial charge in [-0.05, 0) is 17.5 Å². The van der Waals surface area contributed by atoms with E-state index in [-0.39, 0.29) is 0 Å². The molecule has 1 heterocycles. The first-order chi connectivity index (χ1) is 5.81. The van der Waals surface area contributed by atoms with Gasteiger partial charge in [0.2, 0.25) is 0 Å². The molecule has 0 atom stereocenters. The van der Waals surface area contributed by atoms with E-state index >= 15 is 0 Å². The molecule has 0 bridgehead atoms. The molecule has 0 aliphatic rings. The Hall–Kier alpha value is -1.75. The quantitative estimate of drug-likeness (QED) is 0.519. The van der Waals surface area contributed by atoms with Gasteiger partial charge in [-0.2, -0.15) is 0 Å². The fraction of sp³-hybridized carbons (Fsp3) is 0.100. The van der Waals surface area contributed by atoms with Crippen molar-refractivity contribution in [3.63, 3.8) is 0 Å². The minimum Gasteiger partial charge on any atom is -0.352 e. The summed E-state index contributed by atoms with van der Waals surface area (Å²) in [6, 6.07) is 7.77. The third-order valence-corrected chi connectivity index (χ3v) is 2.00. The van der Waals surface area contributed by atoms with Gasteiger partial charge in [-0.15, -0.1) is 0 Å². The molecule has 0 aliphatic carbocycles. The SMILES string of the molecule is [C-]#[N+]c1ccc2ccn(C)c2c1. The molecule has 0 aliphatic heterocycles. The molecule has 0 amide bonds. The maximum Gasteiger partial charge on any atom is 0.189 e. The molecule has 2 rings (SSSR count). The molecule has 58 valence electrons. The van der Waals surface area contributed by atoms with Gasteiger partial charge in [-0.3, -0.25) is 0 Å². The average Bonchev–Trinajstić information content (AvgIpc) is 2.47. The Bertz CT molecular complexity index is 460. The average molecular weight is 156 g/mol. The summed E-state index contributed by atoms with van der Waals surface area (Å²) >= 11 is 0. The second-order valence-corrected chi connectivity index (χ2v) is 2.78. The summed E-state index contributed by atoms with van der Waals surface area (Å²) in [5.41, 5.74) is 1.81. The van der Waals surface area contributed by atoms with Crippen molar-refractivity contribution in [3.05, 3.63) is 41.9 Å². The monoisotopic (exact) mass is 156 g/mol. The molecule has 1 aromatic carbocycles. The Morgan fingerprint density at radius 2 is 2.17 bits per heavy atom. The molecule has 0 saturated heterocycles. The van der Waals surface area contributed by atoms with E-state index in [2.05, 4.69) is 4.85 Å². The van der Waals surface area contributed by atoms with E-state index < -0.39 is 0 Å². The molecular weight excluding hydrogens is 148 g/mol. The topological polar surface area (TPSA) is 9.29 Å². The minimum atomic E-state index is 0.698. The third kappa shape index (κ3) is 0.876. The highest BCUT2D eigenvalue weighted by Gasteiger charge is 1.97. The smallest absolute Gasteiger partial charge is 0.189 e. The maximum atomic E-state index is 6.86. The van der Waals surface area contributed by atoms with Crippen LogP contribution in [0.3, 0.4) is 0 Å². The second kappa shape index (κ2) is 2.38. The van der Waals surface area contributed by atoms with Crippen LogP contribution in [-0.4, -0.2) is 4.57 Å². The lowest BCUT2D eigenvalue weighted by Crippen LogP contribution is -1.81. The van der Waals surface area contributed by atoms with Gasteiger partial charge >= 0.3 is 0 Å². The molecule has 1 aromatic heterocycles. The van der Waals surface area contributed by atoms with E-state index in [0.717, 1.165) is 5.52 Å². The van der Waals surface area contributed by atoms with E-state index in [4.69, 9.17) is 6.57 Å². The van der Waals surface area contributed by atoms with Gasteiger partial charge in [-0.1, -0.05) is 12.1 Å². The van der Waals surface area contributed by atoms with Gasteiger partial charge in [0, 0.05) is 18.8 Å². The van der Waals surface area contributed by atoms with Gasteiger partial charge < -0.3 is 4.57 Å². The van der Waals surface area contributed by atoms with E-state index in [9.17, 15) is 0 Å². The molecule has 0 N–H and O–H groups in total. The summed E-state index contributed by atoms with van der Waals surface area (Å²) in [5.74, 6) is 0. The number of hydrogen-bond donors (Lipinski definition) is 0. The van der Waals surface area contributed by atoms with Gasteiger partial charge in [0.1, 0.15) is 0 Å². The van der Waals surface area contributed by atoms with E-state index in [0.29, 0.717) is 5.69 Å². The second-order valence-electron chi connectivity index (χ2n) is 2.78. The van der Waals surface area contributed by atoms with Crippen LogP contribution in [0.15, 0.2) is 30.5 Å². The molecule has 0 saturated carbocycles. The highest BCUT2D eigenvalue weighted by Crippen LogP contribution is 2.21. The van der Waals surface area contributed by atoms with Crippen LogP contribution in [0.2, 0.25) is 0 Å². The van der Waals surface area contributed by atoms with Crippen molar-refractivity contribution >= 4 is 16.6 Å². The van der Waals surface area contributed by atoms with Crippen LogP contribution >= 0.6 is 0 Å². The molecule has 2 nitrogen and oxygen atoms in total. The highest BCUT2D eigenvalue weighted by molar-refractivity contribution is 5.83. The lowest BCUT2D eigenvalue weighted by atomic mass is 10.2. The number of aromatic nitrogens is 1. The van der Waals surface area contributed by atoms with Crippen molar-refractivity contribution in [3.8, 4) is 0 Å². The number of fused-ring (bicyclic) bond motifs is 1. The standard InChI is InChI=1S/C10H8N2/c1-11-9-4-3-8-5-6-12(2)10(8)7-9/h3-7H,2H3. The van der Waals surface area contributed by atoms with Crippen LogP contribution in [0.25, 0.3) is 15.7 Å². The predicted octanol–water partition coefficient (Wildman–Crippen LogP) is 2.73. The number of nitrogens with zero attached hydrogens (tertiary/aromatic N) is 2. The summed E-state index contributed by atoms with van der Waals surface area (Å²) in [4.78, 5) is 3.38. The van der Waals surface area contributed by atoms with Crippen LogP contribution in [0.1, 0.15) is 0 Å². The van der Waals surface area contributed by atoms with E-state index in [1.54, 1.807) is 0 Å². The zero-order chi connectivity index (χ0) is 8.55. The van der Waals surface area contributed by atoms with Crippen molar-refractivity contribution in [2.45, 2.75) is 0 Å². The van der Waals surface area contributed by atoms with Crippen LogP contribution in [-0.2, 0) is 7.05 Å². The fourth-order valence-electron chi connectivity index (χ4n) is 1.32. The van der Waals surface area contributed by atoms with Crippen molar-refractivity contribution in [2.75, 3.05) is 0 Å². The van der Waals surface area contributed by atoms with Crippen LogP contribution < -0.4 is 0 Å². The molecule has 0 fully saturated rings.